The van der Waals surface area contributed by atoms with Gasteiger partial charge in [-0.1, -0.05) is 5.11 Å². The zero-order chi connectivity index (χ0) is 14.0. The molecule has 102 valence electrons. The summed E-state index contributed by atoms with van der Waals surface area (Å²) in [7, 11) is 0. The molecule has 3 N–H and O–H groups in total. The molecule has 0 bridgehead atoms. The second-order valence-corrected chi connectivity index (χ2v) is 4.34. The maximum absolute atomic E-state index is 11.1. The highest BCUT2D eigenvalue weighted by atomic mass is 32.1. The number of azide groups is 1. The molecule has 1 aromatic heterocycles. The summed E-state index contributed by atoms with van der Waals surface area (Å²) in [6, 6.07) is 0.301. The quantitative estimate of drug-likeness (QED) is 0.306. The van der Waals surface area contributed by atoms with E-state index >= 15 is 0 Å². The smallest absolute Gasteiger partial charge is 0.251 e. The molecule has 1 unspecified atom stereocenters. The lowest BCUT2D eigenvalue weighted by atomic mass is 10.1. The van der Waals surface area contributed by atoms with Gasteiger partial charge >= 0.3 is 0 Å². The molecule has 0 amide bonds. The number of aliphatic hydroxyl groups is 2. The van der Waals surface area contributed by atoms with Gasteiger partial charge in [0.2, 0.25) is 0 Å². The number of nitrogens with one attached hydrogen (secondary N) is 1. The van der Waals surface area contributed by atoms with E-state index in [0.29, 0.717) is 0 Å². The summed E-state index contributed by atoms with van der Waals surface area (Å²) >= 11 is 4.96. The molecule has 2 heterocycles. The Balaban J connectivity index is 2.38. The van der Waals surface area contributed by atoms with Crippen LogP contribution < -0.4 is 5.56 Å². The first kappa shape index (κ1) is 13.7. The molecular weight excluding hydrogens is 274 g/mol. The van der Waals surface area contributed by atoms with E-state index in [0.717, 1.165) is 0 Å². The molecule has 10 heteroatoms. The normalized spacial score (nSPS) is 30.0. The number of rotatable bonds is 3. The van der Waals surface area contributed by atoms with Crippen LogP contribution in [0.5, 0.6) is 0 Å². The van der Waals surface area contributed by atoms with Crippen LogP contribution in [0.1, 0.15) is 6.23 Å². The molecule has 0 saturated carbocycles. The van der Waals surface area contributed by atoms with Crippen LogP contribution in [0.15, 0.2) is 22.2 Å². The standard InChI is InChI=1S/C9H11N5O4S/c10-13-12-6-4(3-15)18-8(7(6)17)14-2-1-5(16)11-9(14)19/h1-2,4,6-8,15,17H,3H2,(H,11,16,19)/t4-,6?,7+,8-/m1/s1. The highest BCUT2D eigenvalue weighted by Gasteiger charge is 2.43. The average molecular weight is 285 g/mol. The fourth-order valence-electron chi connectivity index (χ4n) is 1.94. The molecule has 2 rings (SSSR count). The van der Waals surface area contributed by atoms with Crippen molar-refractivity contribution in [2.45, 2.75) is 24.5 Å². The maximum Gasteiger partial charge on any atom is 0.251 e. The molecule has 0 aromatic carbocycles. The first-order valence-electron chi connectivity index (χ1n) is 5.38. The van der Waals surface area contributed by atoms with E-state index in [1.54, 1.807) is 0 Å². The molecule has 1 aromatic rings. The molecule has 1 aliphatic rings. The molecule has 0 radical (unpaired) electrons. The fourth-order valence-corrected chi connectivity index (χ4v) is 2.21. The van der Waals surface area contributed by atoms with Crippen molar-refractivity contribution in [2.24, 2.45) is 5.11 Å². The van der Waals surface area contributed by atoms with E-state index in [-0.39, 0.29) is 10.3 Å². The van der Waals surface area contributed by atoms with Crippen LogP contribution in [0.4, 0.5) is 0 Å². The number of aromatic amines is 1. The van der Waals surface area contributed by atoms with Crippen molar-refractivity contribution in [3.05, 3.63) is 37.8 Å². The lowest BCUT2D eigenvalue weighted by molar-refractivity contribution is -0.0522. The third-order valence-electron chi connectivity index (χ3n) is 2.83. The van der Waals surface area contributed by atoms with Gasteiger partial charge in [0, 0.05) is 17.2 Å². The average Bonchev–Trinajstić information content (AvgIpc) is 2.68. The molecule has 0 spiro atoms. The first-order valence-corrected chi connectivity index (χ1v) is 5.79. The Morgan fingerprint density at radius 2 is 2.42 bits per heavy atom. The second-order valence-electron chi connectivity index (χ2n) is 3.95. The predicted molar refractivity (Wildman–Crippen MR) is 65.8 cm³/mol. The van der Waals surface area contributed by atoms with Gasteiger partial charge in [-0.3, -0.25) is 14.3 Å². The van der Waals surface area contributed by atoms with Gasteiger partial charge in [-0.2, -0.15) is 0 Å². The Kier molecular flexibility index (Phi) is 3.98. The Bertz CT molecular complexity index is 622. The summed E-state index contributed by atoms with van der Waals surface area (Å²) in [6.07, 6.45) is -1.57. The number of aromatic nitrogens is 2. The van der Waals surface area contributed by atoms with Crippen molar-refractivity contribution in [1.82, 2.24) is 9.55 Å². The molecule has 1 fully saturated rings. The number of ether oxygens (including phenoxy) is 1. The van der Waals surface area contributed by atoms with Crippen molar-refractivity contribution in [2.75, 3.05) is 6.61 Å². The summed E-state index contributed by atoms with van der Waals surface area (Å²) < 4.78 is 6.80. The van der Waals surface area contributed by atoms with Crippen molar-refractivity contribution >= 4 is 12.2 Å². The third-order valence-corrected chi connectivity index (χ3v) is 3.14. The van der Waals surface area contributed by atoms with Gasteiger partial charge in [-0.05, 0) is 17.7 Å². The molecular formula is C9H11N5O4S. The van der Waals surface area contributed by atoms with Crippen molar-refractivity contribution in [3.63, 3.8) is 0 Å². The SMILES string of the molecule is [N-]=[N+]=NC1[C@@H](CO)O[C@@H](n2ccc(=O)[nH]c2=S)[C@H]1O. The minimum atomic E-state index is -1.18. The number of nitrogens with zero attached hydrogens (tertiary/aromatic N) is 4. The van der Waals surface area contributed by atoms with Gasteiger partial charge in [0.25, 0.3) is 5.56 Å². The highest BCUT2D eigenvalue weighted by Crippen LogP contribution is 2.31. The zero-order valence-corrected chi connectivity index (χ0v) is 10.4. The molecule has 4 atom stereocenters. The van der Waals surface area contributed by atoms with E-state index < -0.39 is 31.1 Å². The lowest BCUT2D eigenvalue weighted by Gasteiger charge is -2.18. The summed E-state index contributed by atoms with van der Waals surface area (Å²) in [6.45, 7) is -0.409. The summed E-state index contributed by atoms with van der Waals surface area (Å²) in [4.78, 5) is 16.1. The van der Waals surface area contributed by atoms with E-state index in [9.17, 15) is 9.90 Å². The van der Waals surface area contributed by atoms with Crippen LogP contribution in [0.25, 0.3) is 10.4 Å². The minimum absolute atomic E-state index is 0.0647. The number of hydrogen-bond acceptors (Lipinski definition) is 6. The van der Waals surface area contributed by atoms with Crippen LogP contribution in [0.3, 0.4) is 0 Å². The largest absolute Gasteiger partial charge is 0.394 e. The Morgan fingerprint density at radius 1 is 1.68 bits per heavy atom. The maximum atomic E-state index is 11.1. The van der Waals surface area contributed by atoms with Crippen LogP contribution in [-0.2, 0) is 4.74 Å². The summed E-state index contributed by atoms with van der Waals surface area (Å²) in [5.74, 6) is 0. The predicted octanol–water partition coefficient (Wildman–Crippen LogP) is -0.165. The number of aliphatic hydroxyl groups excluding tert-OH is 2. The molecule has 19 heavy (non-hydrogen) atoms. The van der Waals surface area contributed by atoms with Gasteiger partial charge in [-0.25, -0.2) is 0 Å². The van der Waals surface area contributed by atoms with Crippen molar-refractivity contribution < 1.29 is 14.9 Å². The van der Waals surface area contributed by atoms with Gasteiger partial charge < -0.3 is 14.9 Å². The molecule has 9 nitrogen and oxygen atoms in total. The van der Waals surface area contributed by atoms with Gasteiger partial charge in [0.1, 0.15) is 6.10 Å². The monoisotopic (exact) mass is 285 g/mol. The van der Waals surface area contributed by atoms with Crippen molar-refractivity contribution in [3.8, 4) is 0 Å². The van der Waals surface area contributed by atoms with Gasteiger partial charge in [0.05, 0.1) is 18.8 Å². The number of H-pyrrole nitrogens is 1. The fraction of sp³-hybridized carbons (Fsp3) is 0.556. The summed E-state index contributed by atoms with van der Waals surface area (Å²) in [5.41, 5.74) is 8.06. The minimum Gasteiger partial charge on any atom is -0.394 e. The van der Waals surface area contributed by atoms with Crippen LogP contribution >= 0.6 is 12.2 Å². The highest BCUT2D eigenvalue weighted by molar-refractivity contribution is 7.71. The van der Waals surface area contributed by atoms with E-state index in [1.807, 2.05) is 0 Å². The molecule has 1 saturated heterocycles. The number of hydrogen-bond donors (Lipinski definition) is 3. The van der Waals surface area contributed by atoms with E-state index in [1.165, 1.54) is 16.8 Å². The Morgan fingerprint density at radius 3 is 3.00 bits per heavy atom. The van der Waals surface area contributed by atoms with E-state index in [4.69, 9.17) is 27.6 Å². The van der Waals surface area contributed by atoms with Crippen LogP contribution in [0.2, 0.25) is 0 Å². The Labute approximate surface area is 111 Å². The van der Waals surface area contributed by atoms with Crippen molar-refractivity contribution in [1.29, 1.82) is 0 Å². The molecule has 0 aliphatic carbocycles. The summed E-state index contributed by atoms with van der Waals surface area (Å²) in [5, 5.41) is 22.6. The van der Waals surface area contributed by atoms with Gasteiger partial charge in [-0.15, -0.1) is 0 Å². The van der Waals surface area contributed by atoms with Gasteiger partial charge in [0.15, 0.2) is 11.0 Å². The Hall–Kier alpha value is -1.71. The van der Waals surface area contributed by atoms with Crippen LogP contribution in [-0.4, -0.2) is 44.6 Å². The lowest BCUT2D eigenvalue weighted by Crippen LogP contribution is -2.31. The second kappa shape index (κ2) is 5.51. The van der Waals surface area contributed by atoms with E-state index in [2.05, 4.69) is 15.0 Å². The zero-order valence-electron chi connectivity index (χ0n) is 9.58. The molecule has 1 aliphatic heterocycles. The van der Waals surface area contributed by atoms with Crippen LogP contribution in [0, 0.1) is 4.77 Å². The first-order chi connectivity index (χ1) is 9.08. The topological polar surface area (TPSA) is 136 Å². The third kappa shape index (κ3) is 2.53.